The Morgan fingerprint density at radius 1 is 1.17 bits per heavy atom. The first-order valence-electron chi connectivity index (χ1n) is 5.87. The standard InChI is InChI=1S/C15H15Cl2N/c1-10-3-4-12(7-11(10)2)14(16)8-13-5-6-18-9-15(13)17/h3-7,9,14H,8H2,1-2H3. The highest BCUT2D eigenvalue weighted by Gasteiger charge is 2.11. The second kappa shape index (κ2) is 5.73. The summed E-state index contributed by atoms with van der Waals surface area (Å²) in [5, 5.41) is 0.608. The second-order valence-electron chi connectivity index (χ2n) is 4.48. The SMILES string of the molecule is Cc1ccc(C(Cl)Cc2ccncc2Cl)cc1C. The summed E-state index contributed by atoms with van der Waals surface area (Å²) in [6, 6.07) is 8.24. The van der Waals surface area contributed by atoms with Crippen molar-refractivity contribution in [1.29, 1.82) is 0 Å². The van der Waals surface area contributed by atoms with Gasteiger partial charge in [0.2, 0.25) is 0 Å². The van der Waals surface area contributed by atoms with E-state index in [4.69, 9.17) is 23.2 Å². The second-order valence-corrected chi connectivity index (χ2v) is 5.42. The molecule has 0 aliphatic carbocycles. The van der Waals surface area contributed by atoms with Crippen LogP contribution < -0.4 is 0 Å². The molecule has 1 heterocycles. The third kappa shape index (κ3) is 3.04. The number of hydrogen-bond acceptors (Lipinski definition) is 1. The molecule has 0 aliphatic heterocycles. The summed E-state index contributed by atoms with van der Waals surface area (Å²) < 4.78 is 0. The first kappa shape index (κ1) is 13.4. The van der Waals surface area contributed by atoms with E-state index in [9.17, 15) is 0 Å². The van der Waals surface area contributed by atoms with Crippen LogP contribution in [0.15, 0.2) is 36.7 Å². The molecule has 1 unspecified atom stereocenters. The predicted octanol–water partition coefficient (Wildman–Crippen LogP) is 4.87. The highest BCUT2D eigenvalue weighted by atomic mass is 35.5. The zero-order chi connectivity index (χ0) is 13.1. The molecule has 0 aliphatic rings. The van der Waals surface area contributed by atoms with Crippen LogP contribution in [-0.2, 0) is 6.42 Å². The van der Waals surface area contributed by atoms with Crippen molar-refractivity contribution in [3.63, 3.8) is 0 Å². The molecule has 1 atom stereocenters. The van der Waals surface area contributed by atoms with Gasteiger partial charge in [0.05, 0.1) is 10.4 Å². The Morgan fingerprint density at radius 2 is 1.94 bits per heavy atom. The summed E-state index contributed by atoms with van der Waals surface area (Å²) >= 11 is 12.5. The van der Waals surface area contributed by atoms with Crippen LogP contribution in [0.2, 0.25) is 5.02 Å². The smallest absolute Gasteiger partial charge is 0.0626 e. The molecule has 0 saturated carbocycles. The molecule has 3 heteroatoms. The molecule has 2 aromatic rings. The van der Waals surface area contributed by atoms with Crippen LogP contribution in [0.4, 0.5) is 0 Å². The fourth-order valence-corrected chi connectivity index (χ4v) is 2.34. The van der Waals surface area contributed by atoms with Gasteiger partial charge in [0.25, 0.3) is 0 Å². The summed E-state index contributed by atoms with van der Waals surface area (Å²) in [6.45, 7) is 4.20. The van der Waals surface area contributed by atoms with Gasteiger partial charge in [-0.3, -0.25) is 4.98 Å². The van der Waals surface area contributed by atoms with Crippen molar-refractivity contribution in [3.05, 3.63) is 63.9 Å². The lowest BCUT2D eigenvalue weighted by atomic mass is 10.0. The van der Waals surface area contributed by atoms with E-state index in [0.717, 1.165) is 11.1 Å². The molecule has 2 rings (SSSR count). The van der Waals surface area contributed by atoms with Gasteiger partial charge in [-0.2, -0.15) is 0 Å². The van der Waals surface area contributed by atoms with Crippen LogP contribution >= 0.6 is 23.2 Å². The van der Waals surface area contributed by atoms with Gasteiger partial charge >= 0.3 is 0 Å². The van der Waals surface area contributed by atoms with Crippen molar-refractivity contribution in [2.24, 2.45) is 0 Å². The van der Waals surface area contributed by atoms with E-state index in [2.05, 4.69) is 37.0 Å². The lowest BCUT2D eigenvalue weighted by Crippen LogP contribution is -1.98. The molecule has 0 bridgehead atoms. The number of pyridine rings is 1. The summed E-state index contributed by atoms with van der Waals surface area (Å²) in [4.78, 5) is 3.98. The number of rotatable bonds is 3. The first-order valence-corrected chi connectivity index (χ1v) is 6.69. The van der Waals surface area contributed by atoms with E-state index in [1.54, 1.807) is 12.4 Å². The summed E-state index contributed by atoms with van der Waals surface area (Å²) in [5.41, 5.74) is 4.71. The maximum absolute atomic E-state index is 6.46. The molecule has 1 aromatic heterocycles. The number of aromatic nitrogens is 1. The fraction of sp³-hybridized carbons (Fsp3) is 0.267. The third-order valence-corrected chi connectivity index (χ3v) is 3.89. The summed E-state index contributed by atoms with van der Waals surface area (Å²) in [7, 11) is 0. The molecule has 0 saturated heterocycles. The zero-order valence-corrected chi connectivity index (χ0v) is 12.0. The average Bonchev–Trinajstić information content (AvgIpc) is 2.35. The minimum atomic E-state index is -0.0656. The van der Waals surface area contributed by atoms with Crippen LogP contribution in [0.5, 0.6) is 0 Å². The van der Waals surface area contributed by atoms with E-state index in [1.807, 2.05) is 6.07 Å². The normalized spacial score (nSPS) is 12.4. The largest absolute Gasteiger partial charge is 0.263 e. The number of nitrogens with zero attached hydrogens (tertiary/aromatic N) is 1. The molecule has 0 amide bonds. The van der Waals surface area contributed by atoms with Crippen molar-refractivity contribution in [2.75, 3.05) is 0 Å². The van der Waals surface area contributed by atoms with Crippen LogP contribution in [0.3, 0.4) is 0 Å². The van der Waals surface area contributed by atoms with Gasteiger partial charge in [-0.1, -0.05) is 29.8 Å². The first-order chi connectivity index (χ1) is 8.58. The molecule has 0 fully saturated rings. The van der Waals surface area contributed by atoms with Crippen LogP contribution in [0, 0.1) is 13.8 Å². The Hall–Kier alpha value is -1.05. The summed E-state index contributed by atoms with van der Waals surface area (Å²) in [5.74, 6) is 0. The van der Waals surface area contributed by atoms with Gasteiger partial charge in [0.1, 0.15) is 0 Å². The van der Waals surface area contributed by atoms with Crippen LogP contribution in [-0.4, -0.2) is 4.98 Å². The van der Waals surface area contributed by atoms with E-state index in [-0.39, 0.29) is 5.38 Å². The number of halogens is 2. The minimum absolute atomic E-state index is 0.0656. The molecule has 0 radical (unpaired) electrons. The number of aryl methyl sites for hydroxylation is 2. The Kier molecular flexibility index (Phi) is 4.26. The topological polar surface area (TPSA) is 12.9 Å². The highest BCUT2D eigenvalue weighted by Crippen LogP contribution is 2.28. The van der Waals surface area contributed by atoms with Crippen LogP contribution in [0.25, 0.3) is 0 Å². The monoisotopic (exact) mass is 279 g/mol. The Labute approximate surface area is 118 Å². The van der Waals surface area contributed by atoms with Crippen LogP contribution in [0.1, 0.15) is 27.6 Å². The Balaban J connectivity index is 2.19. The van der Waals surface area contributed by atoms with Gasteiger partial charge in [0.15, 0.2) is 0 Å². The highest BCUT2D eigenvalue weighted by molar-refractivity contribution is 6.31. The van der Waals surface area contributed by atoms with Gasteiger partial charge in [0, 0.05) is 12.4 Å². The van der Waals surface area contributed by atoms with Gasteiger partial charge in [-0.05, 0) is 48.6 Å². The molecular formula is C15H15Cl2N. The number of alkyl halides is 1. The van der Waals surface area contributed by atoms with Gasteiger partial charge in [-0.15, -0.1) is 11.6 Å². The quantitative estimate of drug-likeness (QED) is 0.730. The van der Waals surface area contributed by atoms with E-state index in [1.165, 1.54) is 11.1 Å². The lowest BCUT2D eigenvalue weighted by Gasteiger charge is -2.12. The van der Waals surface area contributed by atoms with E-state index >= 15 is 0 Å². The van der Waals surface area contributed by atoms with E-state index in [0.29, 0.717) is 11.4 Å². The predicted molar refractivity (Wildman–Crippen MR) is 77.5 cm³/mol. The number of benzene rings is 1. The minimum Gasteiger partial charge on any atom is -0.263 e. The summed E-state index contributed by atoms with van der Waals surface area (Å²) in [6.07, 6.45) is 4.11. The fourth-order valence-electron chi connectivity index (χ4n) is 1.84. The molecular weight excluding hydrogens is 265 g/mol. The molecule has 1 aromatic carbocycles. The average molecular weight is 280 g/mol. The molecule has 94 valence electrons. The molecule has 18 heavy (non-hydrogen) atoms. The lowest BCUT2D eigenvalue weighted by molar-refractivity contribution is 0.913. The molecule has 0 N–H and O–H groups in total. The van der Waals surface area contributed by atoms with Crippen molar-refractivity contribution in [1.82, 2.24) is 4.98 Å². The maximum Gasteiger partial charge on any atom is 0.0626 e. The van der Waals surface area contributed by atoms with Gasteiger partial charge in [-0.25, -0.2) is 0 Å². The van der Waals surface area contributed by atoms with Crippen molar-refractivity contribution in [3.8, 4) is 0 Å². The van der Waals surface area contributed by atoms with Gasteiger partial charge < -0.3 is 0 Å². The van der Waals surface area contributed by atoms with E-state index < -0.39 is 0 Å². The molecule has 0 spiro atoms. The Bertz CT molecular complexity index is 552. The van der Waals surface area contributed by atoms with Crippen molar-refractivity contribution >= 4 is 23.2 Å². The van der Waals surface area contributed by atoms with Crippen molar-refractivity contribution < 1.29 is 0 Å². The maximum atomic E-state index is 6.46. The van der Waals surface area contributed by atoms with Crippen molar-refractivity contribution in [2.45, 2.75) is 25.6 Å². The number of hydrogen-bond donors (Lipinski definition) is 0. The Morgan fingerprint density at radius 3 is 2.61 bits per heavy atom. The molecule has 1 nitrogen and oxygen atoms in total. The third-order valence-electron chi connectivity index (χ3n) is 3.15. The zero-order valence-electron chi connectivity index (χ0n) is 10.5.